The number of methoxy groups -OCH3 is 2. The van der Waals surface area contributed by atoms with E-state index in [1.807, 2.05) is 19.1 Å². The number of quaternary nitrogens is 2. The summed E-state index contributed by atoms with van der Waals surface area (Å²) >= 11 is 0. The van der Waals surface area contributed by atoms with Crippen molar-refractivity contribution in [2.45, 2.75) is 19.9 Å². The molecule has 0 atom stereocenters. The second kappa shape index (κ2) is 11.5. The number of benzene rings is 1. The molecule has 1 fully saturated rings. The van der Waals surface area contributed by atoms with Crippen molar-refractivity contribution in [1.29, 1.82) is 0 Å². The lowest BCUT2D eigenvalue weighted by molar-refractivity contribution is -1.02. The van der Waals surface area contributed by atoms with Gasteiger partial charge in [0.1, 0.15) is 32.7 Å². The van der Waals surface area contributed by atoms with E-state index < -0.39 is 0 Å². The maximum absolute atomic E-state index is 12.0. The summed E-state index contributed by atoms with van der Waals surface area (Å²) in [6.07, 6.45) is 0.889. The third-order valence-corrected chi connectivity index (χ3v) is 5.00. The van der Waals surface area contributed by atoms with Crippen LogP contribution in [0, 0.1) is 0 Å². The standard InChI is InChI=1S/C20H32N4O4/c1-4-7-21-19(25)13-22-20(26)15-24-10-8-23(9-11-24)14-16-5-6-17(27-2)18(12-16)28-3/h5-6,12H,4,7-11,13-15H2,1-3H3,(H,21,25)(H,22,26)/p+2. The van der Waals surface area contributed by atoms with Crippen LogP contribution in [0.2, 0.25) is 0 Å². The SMILES string of the molecule is CCCNC(=O)CNC(=O)C[NH+]1CC[NH+](Cc2ccc(OC)c(OC)c2)CC1. The second-order valence-electron chi connectivity index (χ2n) is 7.17. The molecule has 0 bridgehead atoms. The second-order valence-corrected chi connectivity index (χ2v) is 7.17. The van der Waals surface area contributed by atoms with Crippen LogP contribution in [0.4, 0.5) is 0 Å². The largest absolute Gasteiger partial charge is 0.493 e. The molecule has 8 nitrogen and oxygen atoms in total. The summed E-state index contributed by atoms with van der Waals surface area (Å²) in [5.41, 5.74) is 1.21. The molecule has 1 aliphatic rings. The number of nitrogens with one attached hydrogen (secondary N) is 4. The summed E-state index contributed by atoms with van der Waals surface area (Å²) in [4.78, 5) is 26.4. The summed E-state index contributed by atoms with van der Waals surface area (Å²) in [6.45, 7) is 7.95. The summed E-state index contributed by atoms with van der Waals surface area (Å²) in [5.74, 6) is 1.30. The van der Waals surface area contributed by atoms with Gasteiger partial charge in [-0.15, -0.1) is 0 Å². The monoisotopic (exact) mass is 394 g/mol. The number of carbonyl (C=O) groups is 2. The Labute approximate surface area is 167 Å². The number of carbonyl (C=O) groups excluding carboxylic acids is 2. The predicted octanol–water partition coefficient (Wildman–Crippen LogP) is -2.37. The summed E-state index contributed by atoms with van der Waals surface area (Å²) in [6, 6.07) is 6.04. The lowest BCUT2D eigenvalue weighted by atomic mass is 10.1. The smallest absolute Gasteiger partial charge is 0.275 e. The van der Waals surface area contributed by atoms with Crippen LogP contribution in [0.1, 0.15) is 18.9 Å². The van der Waals surface area contributed by atoms with Gasteiger partial charge in [0, 0.05) is 12.1 Å². The van der Waals surface area contributed by atoms with Gasteiger partial charge in [0.15, 0.2) is 18.0 Å². The van der Waals surface area contributed by atoms with E-state index in [9.17, 15) is 9.59 Å². The first-order chi connectivity index (χ1) is 13.5. The van der Waals surface area contributed by atoms with Gasteiger partial charge in [0.05, 0.1) is 20.8 Å². The fraction of sp³-hybridized carbons (Fsp3) is 0.600. The van der Waals surface area contributed by atoms with E-state index in [-0.39, 0.29) is 18.4 Å². The molecule has 1 saturated heterocycles. The van der Waals surface area contributed by atoms with Crippen molar-refractivity contribution >= 4 is 11.8 Å². The molecule has 28 heavy (non-hydrogen) atoms. The molecule has 0 radical (unpaired) electrons. The van der Waals surface area contributed by atoms with Gasteiger partial charge in [0.25, 0.3) is 5.91 Å². The van der Waals surface area contributed by atoms with Gasteiger partial charge in [-0.1, -0.05) is 6.92 Å². The van der Waals surface area contributed by atoms with E-state index >= 15 is 0 Å². The molecule has 156 valence electrons. The van der Waals surface area contributed by atoms with E-state index in [4.69, 9.17) is 9.47 Å². The van der Waals surface area contributed by atoms with Crippen LogP contribution in [0.5, 0.6) is 11.5 Å². The minimum absolute atomic E-state index is 0.0583. The van der Waals surface area contributed by atoms with Crippen molar-refractivity contribution in [3.8, 4) is 11.5 Å². The zero-order valence-electron chi connectivity index (χ0n) is 17.2. The first-order valence-electron chi connectivity index (χ1n) is 9.97. The Bertz CT molecular complexity index is 645. The van der Waals surface area contributed by atoms with E-state index in [1.54, 1.807) is 14.2 Å². The van der Waals surface area contributed by atoms with Gasteiger partial charge in [-0.05, 0) is 24.6 Å². The van der Waals surface area contributed by atoms with Crippen LogP contribution in [-0.2, 0) is 16.1 Å². The van der Waals surface area contributed by atoms with Crippen molar-refractivity contribution in [1.82, 2.24) is 10.6 Å². The maximum Gasteiger partial charge on any atom is 0.275 e. The van der Waals surface area contributed by atoms with Gasteiger partial charge in [-0.3, -0.25) is 9.59 Å². The van der Waals surface area contributed by atoms with Crippen molar-refractivity contribution in [2.75, 3.05) is 60.0 Å². The topological polar surface area (TPSA) is 85.5 Å². The highest BCUT2D eigenvalue weighted by Gasteiger charge is 2.25. The normalized spacial score (nSPS) is 19.0. The van der Waals surface area contributed by atoms with Crippen LogP contribution in [0.25, 0.3) is 0 Å². The van der Waals surface area contributed by atoms with E-state index in [0.29, 0.717) is 13.1 Å². The van der Waals surface area contributed by atoms with Gasteiger partial charge < -0.3 is 29.9 Å². The highest BCUT2D eigenvalue weighted by molar-refractivity contribution is 5.84. The summed E-state index contributed by atoms with van der Waals surface area (Å²) in [7, 11) is 3.29. The van der Waals surface area contributed by atoms with Crippen LogP contribution in [-0.4, -0.2) is 71.8 Å². The molecule has 1 aromatic rings. The van der Waals surface area contributed by atoms with Crippen molar-refractivity contribution in [3.63, 3.8) is 0 Å². The van der Waals surface area contributed by atoms with Crippen molar-refractivity contribution in [3.05, 3.63) is 23.8 Å². The summed E-state index contributed by atoms with van der Waals surface area (Å²) in [5, 5.41) is 5.46. The van der Waals surface area contributed by atoms with Crippen molar-refractivity contribution in [2.24, 2.45) is 0 Å². The molecule has 0 aromatic heterocycles. The van der Waals surface area contributed by atoms with Gasteiger partial charge in [-0.2, -0.15) is 0 Å². The Balaban J connectivity index is 1.71. The first-order valence-corrected chi connectivity index (χ1v) is 9.97. The molecular formula is C20H34N4O4+2. The molecule has 1 aliphatic heterocycles. The summed E-state index contributed by atoms with van der Waals surface area (Å²) < 4.78 is 10.7. The third-order valence-electron chi connectivity index (χ3n) is 5.00. The third kappa shape index (κ3) is 7.01. The van der Waals surface area contributed by atoms with E-state index in [2.05, 4.69) is 16.7 Å². The van der Waals surface area contributed by atoms with Crippen LogP contribution in [0.15, 0.2) is 18.2 Å². The molecule has 1 heterocycles. The number of ether oxygens (including phenoxy) is 2. The molecular weight excluding hydrogens is 360 g/mol. The van der Waals surface area contributed by atoms with Crippen LogP contribution in [0.3, 0.4) is 0 Å². The molecule has 0 saturated carbocycles. The van der Waals surface area contributed by atoms with Gasteiger partial charge in [0.2, 0.25) is 5.91 Å². The van der Waals surface area contributed by atoms with Crippen LogP contribution < -0.4 is 29.9 Å². The molecule has 2 amide bonds. The minimum Gasteiger partial charge on any atom is -0.493 e. The number of hydrogen-bond donors (Lipinski definition) is 4. The lowest BCUT2D eigenvalue weighted by Crippen LogP contribution is -3.28. The van der Waals surface area contributed by atoms with Gasteiger partial charge >= 0.3 is 0 Å². The van der Waals surface area contributed by atoms with Crippen LogP contribution >= 0.6 is 0 Å². The molecule has 0 unspecified atom stereocenters. The van der Waals surface area contributed by atoms with Gasteiger partial charge in [-0.25, -0.2) is 0 Å². The highest BCUT2D eigenvalue weighted by atomic mass is 16.5. The quantitative estimate of drug-likeness (QED) is 0.357. The average Bonchev–Trinajstić information content (AvgIpc) is 2.72. The zero-order chi connectivity index (χ0) is 20.4. The number of rotatable bonds is 10. The fourth-order valence-corrected chi connectivity index (χ4v) is 3.39. The Kier molecular flexibility index (Phi) is 9.03. The average molecular weight is 395 g/mol. The molecule has 1 aromatic carbocycles. The molecule has 2 rings (SSSR count). The Morgan fingerprint density at radius 1 is 0.964 bits per heavy atom. The molecule has 0 aliphatic carbocycles. The lowest BCUT2D eigenvalue weighted by Gasteiger charge is -2.29. The predicted molar refractivity (Wildman–Crippen MR) is 106 cm³/mol. The first kappa shape index (κ1) is 22.0. The minimum atomic E-state index is -0.130. The fourth-order valence-electron chi connectivity index (χ4n) is 3.39. The highest BCUT2D eigenvalue weighted by Crippen LogP contribution is 2.27. The van der Waals surface area contributed by atoms with E-state index in [0.717, 1.165) is 50.6 Å². The Hall–Kier alpha value is -2.32. The Morgan fingerprint density at radius 3 is 2.29 bits per heavy atom. The molecule has 0 spiro atoms. The van der Waals surface area contributed by atoms with Crippen molar-refractivity contribution < 1.29 is 28.9 Å². The zero-order valence-corrected chi connectivity index (χ0v) is 17.2. The van der Waals surface area contributed by atoms with E-state index in [1.165, 1.54) is 15.4 Å². The number of amides is 2. The maximum atomic E-state index is 12.0. The number of hydrogen-bond acceptors (Lipinski definition) is 4. The number of piperazine rings is 1. The molecule has 8 heteroatoms. The molecule has 4 N–H and O–H groups in total. The Morgan fingerprint density at radius 2 is 1.64 bits per heavy atom.